The van der Waals surface area contributed by atoms with Crippen LogP contribution in [0.25, 0.3) is 10.2 Å². The number of esters is 1. The van der Waals surface area contributed by atoms with Crippen LogP contribution in [0.1, 0.15) is 48.0 Å². The summed E-state index contributed by atoms with van der Waals surface area (Å²) in [6.07, 6.45) is 3.04. The maximum atomic E-state index is 12.7. The second-order valence-corrected chi connectivity index (χ2v) is 8.95. The van der Waals surface area contributed by atoms with E-state index in [0.717, 1.165) is 35.2 Å². The molecular weight excluding hydrogens is 396 g/mol. The van der Waals surface area contributed by atoms with Crippen LogP contribution in [0, 0.1) is 5.92 Å². The van der Waals surface area contributed by atoms with Crippen LogP contribution in [0.4, 0.5) is 0 Å². The summed E-state index contributed by atoms with van der Waals surface area (Å²) in [7, 11) is 0. The molecule has 0 amide bonds. The van der Waals surface area contributed by atoms with E-state index in [1.165, 1.54) is 4.88 Å². The second kappa shape index (κ2) is 7.68. The molecule has 1 atom stereocenters. The summed E-state index contributed by atoms with van der Waals surface area (Å²) in [6, 6.07) is 7.21. The van der Waals surface area contributed by atoms with E-state index >= 15 is 0 Å². The summed E-state index contributed by atoms with van der Waals surface area (Å²) in [5.74, 6) is -0.306. The Balaban J connectivity index is 1.53. The third-order valence-electron chi connectivity index (χ3n) is 5.12. The monoisotopic (exact) mass is 416 g/mol. The summed E-state index contributed by atoms with van der Waals surface area (Å²) in [4.78, 5) is 34.6. The number of hydrogen-bond acceptors (Lipinski definition) is 5. The van der Waals surface area contributed by atoms with Crippen molar-refractivity contribution in [1.29, 1.82) is 0 Å². The zero-order valence-corrected chi connectivity index (χ0v) is 17.3. The smallest absolute Gasteiger partial charge is 0.314 e. The van der Waals surface area contributed by atoms with Crippen molar-refractivity contribution >= 4 is 39.1 Å². The number of ether oxygens (including phenoxy) is 1. The fraction of sp³-hybridized carbons (Fsp3) is 0.381. The highest BCUT2D eigenvalue weighted by atomic mass is 35.5. The van der Waals surface area contributed by atoms with Gasteiger partial charge in [-0.25, -0.2) is 4.98 Å². The summed E-state index contributed by atoms with van der Waals surface area (Å²) >= 11 is 7.52. The van der Waals surface area contributed by atoms with Gasteiger partial charge < -0.3 is 9.72 Å². The Kier molecular flexibility index (Phi) is 5.25. The van der Waals surface area contributed by atoms with Gasteiger partial charge in [-0.05, 0) is 48.4 Å². The Hall–Kier alpha value is -2.18. The third-order valence-corrected chi connectivity index (χ3v) is 6.56. The number of thiophene rings is 1. The van der Waals surface area contributed by atoms with Crippen LogP contribution in [-0.2, 0) is 29.0 Å². The lowest BCUT2D eigenvalue weighted by molar-refractivity contribution is -0.148. The van der Waals surface area contributed by atoms with E-state index < -0.39 is 5.92 Å². The van der Waals surface area contributed by atoms with E-state index in [1.54, 1.807) is 23.5 Å². The predicted molar refractivity (Wildman–Crippen MR) is 111 cm³/mol. The summed E-state index contributed by atoms with van der Waals surface area (Å²) in [5, 5.41) is 1.33. The molecule has 28 heavy (non-hydrogen) atoms. The van der Waals surface area contributed by atoms with Gasteiger partial charge in [0.15, 0.2) is 0 Å². The fourth-order valence-corrected chi connectivity index (χ4v) is 5.21. The molecule has 7 heteroatoms. The molecule has 1 aromatic carbocycles. The zero-order valence-electron chi connectivity index (χ0n) is 15.8. The molecule has 2 heterocycles. The lowest BCUT2D eigenvalue weighted by atomic mass is 9.88. The largest absolute Gasteiger partial charge is 0.457 e. The van der Waals surface area contributed by atoms with Gasteiger partial charge in [0, 0.05) is 9.90 Å². The molecule has 0 spiro atoms. The van der Waals surface area contributed by atoms with Crippen LogP contribution < -0.4 is 5.56 Å². The first-order valence-electron chi connectivity index (χ1n) is 9.39. The van der Waals surface area contributed by atoms with Crippen molar-refractivity contribution in [3.8, 4) is 0 Å². The van der Waals surface area contributed by atoms with Crippen LogP contribution >= 0.6 is 22.9 Å². The van der Waals surface area contributed by atoms with Gasteiger partial charge in [0.2, 0.25) is 0 Å². The van der Waals surface area contributed by atoms with Crippen molar-refractivity contribution in [2.75, 3.05) is 0 Å². The molecule has 3 aromatic rings. The molecule has 0 aliphatic heterocycles. The summed E-state index contributed by atoms with van der Waals surface area (Å²) in [6.45, 7) is 3.89. The van der Waals surface area contributed by atoms with Crippen molar-refractivity contribution in [2.45, 2.75) is 45.6 Å². The van der Waals surface area contributed by atoms with Gasteiger partial charge in [-0.3, -0.25) is 9.59 Å². The number of hydrogen-bond donors (Lipinski definition) is 1. The van der Waals surface area contributed by atoms with Crippen LogP contribution in [0.3, 0.4) is 0 Å². The van der Waals surface area contributed by atoms with Gasteiger partial charge in [0.25, 0.3) is 5.56 Å². The van der Waals surface area contributed by atoms with Crippen molar-refractivity contribution in [1.82, 2.24) is 9.97 Å². The van der Waals surface area contributed by atoms with Gasteiger partial charge in [0.1, 0.15) is 17.3 Å². The quantitative estimate of drug-likeness (QED) is 0.616. The average molecular weight is 417 g/mol. The number of fused-ring (bicyclic) bond motifs is 3. The van der Waals surface area contributed by atoms with E-state index in [9.17, 15) is 9.59 Å². The first kappa shape index (κ1) is 19.2. The molecule has 0 bridgehead atoms. The van der Waals surface area contributed by atoms with Gasteiger partial charge in [-0.15, -0.1) is 11.3 Å². The molecule has 1 aliphatic rings. The van der Waals surface area contributed by atoms with Crippen LogP contribution in [0.15, 0.2) is 29.1 Å². The molecule has 0 saturated heterocycles. The number of aromatic amines is 1. The fourth-order valence-electron chi connectivity index (χ4n) is 3.81. The minimum atomic E-state index is -0.404. The number of rotatable bonds is 5. The zero-order chi connectivity index (χ0) is 19.8. The van der Waals surface area contributed by atoms with E-state index in [4.69, 9.17) is 16.3 Å². The van der Waals surface area contributed by atoms with Crippen LogP contribution in [0.5, 0.6) is 0 Å². The lowest BCUT2D eigenvalue weighted by Crippen LogP contribution is -2.22. The Morgan fingerprint density at radius 1 is 1.29 bits per heavy atom. The number of nitrogens with zero attached hydrogens (tertiary/aromatic N) is 1. The van der Waals surface area contributed by atoms with Gasteiger partial charge in [-0.1, -0.05) is 37.6 Å². The lowest BCUT2D eigenvalue weighted by Gasteiger charge is -2.19. The molecule has 0 saturated carbocycles. The number of nitrogens with one attached hydrogen (secondary N) is 1. The van der Waals surface area contributed by atoms with E-state index in [0.29, 0.717) is 16.2 Å². The minimum Gasteiger partial charge on any atom is -0.457 e. The molecule has 1 aliphatic carbocycles. The maximum absolute atomic E-state index is 12.7. The molecule has 1 N–H and O–H groups in total. The topological polar surface area (TPSA) is 72.0 Å². The highest BCUT2D eigenvalue weighted by Gasteiger charge is 2.26. The standard InChI is InChI=1S/C21H21ClN2O3S/c1-11(2)17(12-6-8-13(22)9-7-12)21(26)27-10-16-23-19(25)18-14-4-3-5-15(14)28-20(18)24-16/h6-9,11,17H,3-5,10H2,1-2H3,(H,23,24,25)/t17-/m0/s1. The highest BCUT2D eigenvalue weighted by molar-refractivity contribution is 7.18. The molecule has 0 unspecified atom stereocenters. The Bertz CT molecular complexity index is 1090. The third kappa shape index (κ3) is 3.59. The maximum Gasteiger partial charge on any atom is 0.314 e. The SMILES string of the molecule is CC(C)[C@H](C(=O)OCc1nc2sc3c(c2c(=O)[nH]1)CCC3)c1ccc(Cl)cc1. The molecule has 5 nitrogen and oxygen atoms in total. The first-order chi connectivity index (χ1) is 13.4. The number of H-pyrrole nitrogens is 1. The number of carbonyl (C=O) groups is 1. The second-order valence-electron chi connectivity index (χ2n) is 7.43. The van der Waals surface area contributed by atoms with Gasteiger partial charge >= 0.3 is 5.97 Å². The highest BCUT2D eigenvalue weighted by Crippen LogP contribution is 2.34. The molecule has 4 rings (SSSR count). The first-order valence-corrected chi connectivity index (χ1v) is 10.6. The Morgan fingerprint density at radius 3 is 2.75 bits per heavy atom. The van der Waals surface area contributed by atoms with Crippen LogP contribution in [0.2, 0.25) is 5.02 Å². The van der Waals surface area contributed by atoms with Crippen molar-refractivity contribution in [3.05, 3.63) is 61.5 Å². The number of benzene rings is 1. The number of aromatic nitrogens is 2. The summed E-state index contributed by atoms with van der Waals surface area (Å²) in [5.41, 5.74) is 1.85. The Morgan fingerprint density at radius 2 is 2.04 bits per heavy atom. The molecular formula is C21H21ClN2O3S. The Labute approximate surface area is 171 Å². The van der Waals surface area contributed by atoms with Crippen molar-refractivity contribution in [3.63, 3.8) is 0 Å². The molecule has 0 radical (unpaired) electrons. The number of carbonyl (C=O) groups excluding carboxylic acids is 1. The van der Waals surface area contributed by atoms with E-state index in [1.807, 2.05) is 26.0 Å². The van der Waals surface area contributed by atoms with Gasteiger partial charge in [0.05, 0.1) is 11.3 Å². The van der Waals surface area contributed by atoms with Crippen molar-refractivity contribution < 1.29 is 9.53 Å². The molecule has 2 aromatic heterocycles. The number of aryl methyl sites for hydroxylation is 2. The van der Waals surface area contributed by atoms with E-state index in [2.05, 4.69) is 9.97 Å². The van der Waals surface area contributed by atoms with E-state index in [-0.39, 0.29) is 24.1 Å². The molecule has 0 fully saturated rings. The van der Waals surface area contributed by atoms with Crippen molar-refractivity contribution in [2.24, 2.45) is 5.92 Å². The predicted octanol–water partition coefficient (Wildman–Crippen LogP) is 4.61. The molecule has 146 valence electrons. The average Bonchev–Trinajstić information content (AvgIpc) is 3.22. The van der Waals surface area contributed by atoms with Crippen LogP contribution in [-0.4, -0.2) is 15.9 Å². The number of halogens is 1. The summed E-state index contributed by atoms with van der Waals surface area (Å²) < 4.78 is 5.52. The normalized spacial score (nSPS) is 14.4. The van der Waals surface area contributed by atoms with Gasteiger partial charge in [-0.2, -0.15) is 0 Å². The minimum absolute atomic E-state index is 0.0522.